The Morgan fingerprint density at radius 1 is 1.09 bits per heavy atom. The number of amides is 2. The lowest BCUT2D eigenvalue weighted by molar-refractivity contribution is -0.138. The molecule has 0 fully saturated rings. The fraction of sp³-hybridized carbons (Fsp3) is 0.200. The van der Waals surface area contributed by atoms with Crippen molar-refractivity contribution in [3.05, 3.63) is 57.1 Å². The summed E-state index contributed by atoms with van der Waals surface area (Å²) in [5.74, 6) is -8.32. The van der Waals surface area contributed by atoms with E-state index in [9.17, 15) is 27.6 Å². The van der Waals surface area contributed by atoms with Crippen molar-refractivity contribution in [1.82, 2.24) is 14.9 Å². The second kappa shape index (κ2) is 9.67. The summed E-state index contributed by atoms with van der Waals surface area (Å²) >= 11 is 12.0. The van der Waals surface area contributed by atoms with Gasteiger partial charge in [-0.1, -0.05) is 36.2 Å². The number of aromatic nitrogens is 2. The molecule has 2 amide bonds. The summed E-state index contributed by atoms with van der Waals surface area (Å²) in [5.41, 5.74) is -2.03. The van der Waals surface area contributed by atoms with Crippen LogP contribution in [0.3, 0.4) is 0 Å². The average Bonchev–Trinajstić information content (AvgIpc) is 3.11. The summed E-state index contributed by atoms with van der Waals surface area (Å²) in [7, 11) is 0. The van der Waals surface area contributed by atoms with Crippen LogP contribution in [0.5, 0.6) is 0 Å². The van der Waals surface area contributed by atoms with Crippen molar-refractivity contribution >= 4 is 57.7 Å². The molecule has 0 radical (unpaired) electrons. The number of halogens is 5. The van der Waals surface area contributed by atoms with Crippen molar-refractivity contribution in [3.8, 4) is 0 Å². The number of benzene rings is 2. The van der Waals surface area contributed by atoms with Gasteiger partial charge in [0.2, 0.25) is 5.91 Å². The minimum Gasteiger partial charge on any atom is -0.480 e. The van der Waals surface area contributed by atoms with Gasteiger partial charge in [0.1, 0.15) is 35.6 Å². The number of rotatable bonds is 7. The number of nitrogens with one attached hydrogen (secondary N) is 2. The molecular formula is C20H15Cl2F3N4O4. The van der Waals surface area contributed by atoms with Crippen LogP contribution in [0, 0.1) is 17.5 Å². The van der Waals surface area contributed by atoms with Crippen molar-refractivity contribution in [2.75, 3.05) is 11.9 Å². The number of aryl methyl sites for hydroxylation is 1. The Labute approximate surface area is 194 Å². The zero-order chi connectivity index (χ0) is 24.4. The van der Waals surface area contributed by atoms with E-state index in [0.717, 1.165) is 4.57 Å². The molecule has 1 heterocycles. The maximum Gasteiger partial charge on any atom is 0.322 e. The van der Waals surface area contributed by atoms with E-state index in [1.165, 1.54) is 18.2 Å². The number of hydrogen-bond acceptors (Lipinski definition) is 4. The highest BCUT2D eigenvalue weighted by atomic mass is 35.5. The van der Waals surface area contributed by atoms with Gasteiger partial charge in [0.15, 0.2) is 17.5 Å². The van der Waals surface area contributed by atoms with Gasteiger partial charge in [-0.05, 0) is 12.1 Å². The Hall–Kier alpha value is -3.31. The molecule has 0 saturated heterocycles. The van der Waals surface area contributed by atoms with Crippen molar-refractivity contribution in [2.24, 2.45) is 0 Å². The summed E-state index contributed by atoms with van der Waals surface area (Å²) in [6.45, 7) is 0.274. The summed E-state index contributed by atoms with van der Waals surface area (Å²) in [6.07, 6.45) is 0.118. The largest absolute Gasteiger partial charge is 0.480 e. The van der Waals surface area contributed by atoms with Crippen LogP contribution >= 0.6 is 23.2 Å². The lowest BCUT2D eigenvalue weighted by atomic mass is 10.2. The van der Waals surface area contributed by atoms with E-state index in [1.807, 2.05) is 0 Å². The smallest absolute Gasteiger partial charge is 0.322 e. The van der Waals surface area contributed by atoms with E-state index < -0.39 is 65.0 Å². The number of carboxylic acids is 1. The van der Waals surface area contributed by atoms with Crippen molar-refractivity contribution < 1.29 is 32.7 Å². The number of fused-ring (bicyclic) bond motifs is 1. The number of anilines is 1. The second-order valence-electron chi connectivity index (χ2n) is 6.70. The van der Waals surface area contributed by atoms with Gasteiger partial charge in [0.25, 0.3) is 5.91 Å². The van der Waals surface area contributed by atoms with E-state index in [4.69, 9.17) is 28.3 Å². The van der Waals surface area contributed by atoms with Gasteiger partial charge in [0.05, 0.1) is 15.6 Å². The molecular weight excluding hydrogens is 488 g/mol. The SMILES string of the molecule is CCc1nc2c(NC(=O)c3c(Cl)cccc3Cl)c(F)c(F)c(F)c2n1CC(=O)NCC(=O)O. The van der Waals surface area contributed by atoms with Gasteiger partial charge in [-0.15, -0.1) is 0 Å². The lowest BCUT2D eigenvalue weighted by Crippen LogP contribution is -2.32. The van der Waals surface area contributed by atoms with Crippen LogP contribution in [0.25, 0.3) is 11.0 Å². The standard InChI is InChI=1S/C20H15Cl2F3N4O4/c1-2-10-27-18-17(28-20(33)13-8(21)4-3-5-9(13)22)15(24)14(23)16(25)19(18)29(10)7-11(30)26-6-12(31)32/h3-5H,2,6-7H2,1H3,(H,26,30)(H,28,33)(H,31,32). The molecule has 0 saturated carbocycles. The van der Waals surface area contributed by atoms with Gasteiger partial charge in [0, 0.05) is 6.42 Å². The van der Waals surface area contributed by atoms with Crippen LogP contribution in [0.2, 0.25) is 10.0 Å². The first-order chi connectivity index (χ1) is 15.6. The molecule has 1 aromatic heterocycles. The highest BCUT2D eigenvalue weighted by Crippen LogP contribution is 2.34. The number of aliphatic carboxylic acids is 1. The first-order valence-corrected chi connectivity index (χ1v) is 10.1. The predicted octanol–water partition coefficient (Wildman–Crippen LogP) is 3.78. The number of nitrogens with zero attached hydrogens (tertiary/aromatic N) is 2. The maximum atomic E-state index is 14.7. The molecule has 0 aliphatic carbocycles. The van der Waals surface area contributed by atoms with Crippen molar-refractivity contribution in [3.63, 3.8) is 0 Å². The molecule has 3 rings (SSSR count). The summed E-state index contributed by atoms with van der Waals surface area (Å²) < 4.78 is 44.9. The summed E-state index contributed by atoms with van der Waals surface area (Å²) in [6, 6.07) is 4.20. The van der Waals surface area contributed by atoms with E-state index in [0.29, 0.717) is 0 Å². The Morgan fingerprint density at radius 3 is 2.30 bits per heavy atom. The lowest BCUT2D eigenvalue weighted by Gasteiger charge is -2.12. The molecule has 0 aliphatic heterocycles. The highest BCUT2D eigenvalue weighted by Gasteiger charge is 2.28. The topological polar surface area (TPSA) is 113 Å². The van der Waals surface area contributed by atoms with Gasteiger partial charge >= 0.3 is 5.97 Å². The number of carbonyl (C=O) groups excluding carboxylic acids is 2. The van der Waals surface area contributed by atoms with Crippen LogP contribution in [0.4, 0.5) is 18.9 Å². The van der Waals surface area contributed by atoms with Crippen LogP contribution in [-0.4, -0.2) is 39.0 Å². The van der Waals surface area contributed by atoms with Crippen LogP contribution < -0.4 is 10.6 Å². The highest BCUT2D eigenvalue weighted by molar-refractivity contribution is 6.40. The van der Waals surface area contributed by atoms with E-state index in [2.05, 4.69) is 15.6 Å². The molecule has 33 heavy (non-hydrogen) atoms. The summed E-state index contributed by atoms with van der Waals surface area (Å²) in [5, 5.41) is 12.8. The van der Waals surface area contributed by atoms with Gasteiger partial charge < -0.3 is 20.3 Å². The molecule has 0 bridgehead atoms. The molecule has 0 unspecified atom stereocenters. The average molecular weight is 503 g/mol. The minimum absolute atomic E-state index is 0.0608. The van der Waals surface area contributed by atoms with Crippen molar-refractivity contribution in [1.29, 1.82) is 0 Å². The number of carbonyl (C=O) groups is 3. The third-order valence-corrected chi connectivity index (χ3v) is 5.21. The van der Waals surface area contributed by atoms with Gasteiger partial charge in [-0.2, -0.15) is 0 Å². The molecule has 0 atom stereocenters. The van der Waals surface area contributed by atoms with Gasteiger partial charge in [-0.3, -0.25) is 14.4 Å². The second-order valence-corrected chi connectivity index (χ2v) is 7.52. The predicted molar refractivity (Wildman–Crippen MR) is 114 cm³/mol. The van der Waals surface area contributed by atoms with Crippen LogP contribution in [0.1, 0.15) is 23.1 Å². The molecule has 0 aliphatic rings. The number of hydrogen-bond donors (Lipinski definition) is 3. The third-order valence-electron chi connectivity index (χ3n) is 4.58. The molecule has 3 N–H and O–H groups in total. The zero-order valence-electron chi connectivity index (χ0n) is 16.8. The minimum atomic E-state index is -1.90. The first kappa shape index (κ1) is 24.3. The molecule has 3 aromatic rings. The molecule has 2 aromatic carbocycles. The van der Waals surface area contributed by atoms with Gasteiger partial charge in [-0.25, -0.2) is 18.2 Å². The first-order valence-electron chi connectivity index (χ1n) is 9.36. The van der Waals surface area contributed by atoms with Crippen LogP contribution in [0.15, 0.2) is 18.2 Å². The fourth-order valence-corrected chi connectivity index (χ4v) is 3.70. The quantitative estimate of drug-likeness (QED) is 0.425. The monoisotopic (exact) mass is 502 g/mol. The fourth-order valence-electron chi connectivity index (χ4n) is 3.13. The van der Waals surface area contributed by atoms with E-state index in [-0.39, 0.29) is 27.9 Å². The maximum absolute atomic E-state index is 14.7. The van der Waals surface area contributed by atoms with Crippen LogP contribution in [-0.2, 0) is 22.6 Å². The molecule has 0 spiro atoms. The van der Waals surface area contributed by atoms with E-state index in [1.54, 1.807) is 6.92 Å². The normalized spacial score (nSPS) is 11.0. The summed E-state index contributed by atoms with van der Waals surface area (Å²) in [4.78, 5) is 39.5. The third kappa shape index (κ3) is 4.74. The molecule has 8 nitrogen and oxygen atoms in total. The molecule has 174 valence electrons. The number of carboxylic acid groups (broad SMARTS) is 1. The Morgan fingerprint density at radius 2 is 1.73 bits per heavy atom. The Kier molecular flexibility index (Phi) is 7.13. The Bertz CT molecular complexity index is 1280. The van der Waals surface area contributed by atoms with Crippen molar-refractivity contribution in [2.45, 2.75) is 19.9 Å². The zero-order valence-corrected chi connectivity index (χ0v) is 18.3. The molecule has 13 heteroatoms. The van der Waals surface area contributed by atoms with E-state index >= 15 is 0 Å². The Balaban J connectivity index is 2.13. The number of imidazole rings is 1.